The topological polar surface area (TPSA) is 106 Å². The molecule has 0 radical (unpaired) electrons. The molecule has 1 aliphatic carbocycles. The average molecular weight is 404 g/mol. The second kappa shape index (κ2) is 6.98. The predicted molar refractivity (Wildman–Crippen MR) is 112 cm³/mol. The van der Waals surface area contributed by atoms with Crippen LogP contribution in [0.5, 0.6) is 5.75 Å². The van der Waals surface area contributed by atoms with Gasteiger partial charge in [0, 0.05) is 47.3 Å². The molecule has 2 heterocycles. The molecule has 1 atom stereocenters. The third-order valence-electron chi connectivity index (χ3n) is 5.98. The van der Waals surface area contributed by atoms with Crippen molar-refractivity contribution in [2.24, 2.45) is 0 Å². The van der Waals surface area contributed by atoms with E-state index in [9.17, 15) is 14.9 Å². The van der Waals surface area contributed by atoms with Gasteiger partial charge in [-0.15, -0.1) is 0 Å². The fourth-order valence-corrected chi connectivity index (χ4v) is 4.33. The SMILES string of the molecule is O=C(Nc1cccc2cnccc12)NC1CC2(CCC2)Oc2ccc([N+](=O)[O-])cc21. The quantitative estimate of drug-likeness (QED) is 0.486. The number of fused-ring (bicyclic) bond motifs is 2. The van der Waals surface area contributed by atoms with Crippen molar-refractivity contribution in [3.63, 3.8) is 0 Å². The van der Waals surface area contributed by atoms with E-state index in [0.29, 0.717) is 23.4 Å². The standard InChI is InChI=1S/C22H20N4O4/c27-21(24-18-4-1-3-14-13-23-10-7-16(14)18)25-19-12-22(8-2-9-22)30-20-6-5-15(26(28)29)11-17(19)20/h1,3-7,10-11,13,19H,2,8-9,12H2,(H2,24,25,27). The number of hydrogen-bond acceptors (Lipinski definition) is 5. The van der Waals surface area contributed by atoms with Gasteiger partial charge in [-0.3, -0.25) is 15.1 Å². The maximum absolute atomic E-state index is 12.9. The summed E-state index contributed by atoms with van der Waals surface area (Å²) in [6.45, 7) is 0. The number of pyridine rings is 1. The van der Waals surface area contributed by atoms with Gasteiger partial charge in [0.15, 0.2) is 0 Å². The number of amides is 2. The third-order valence-corrected chi connectivity index (χ3v) is 5.98. The summed E-state index contributed by atoms with van der Waals surface area (Å²) in [5.74, 6) is 0.605. The first kappa shape index (κ1) is 18.4. The van der Waals surface area contributed by atoms with Gasteiger partial charge < -0.3 is 15.4 Å². The number of nitrogens with one attached hydrogen (secondary N) is 2. The molecule has 152 valence electrons. The minimum Gasteiger partial charge on any atom is -0.487 e. The van der Waals surface area contributed by atoms with Gasteiger partial charge in [0.1, 0.15) is 11.4 Å². The van der Waals surface area contributed by atoms with Gasteiger partial charge in [0.2, 0.25) is 0 Å². The summed E-state index contributed by atoms with van der Waals surface area (Å²) >= 11 is 0. The Morgan fingerprint density at radius 2 is 2.10 bits per heavy atom. The number of benzene rings is 2. The summed E-state index contributed by atoms with van der Waals surface area (Å²) in [6, 6.07) is 11.3. The summed E-state index contributed by atoms with van der Waals surface area (Å²) in [4.78, 5) is 27.8. The molecule has 1 aromatic heterocycles. The highest BCUT2D eigenvalue weighted by Crippen LogP contribution is 2.49. The van der Waals surface area contributed by atoms with Crippen LogP contribution in [0.3, 0.4) is 0 Å². The molecule has 8 heteroatoms. The van der Waals surface area contributed by atoms with E-state index in [4.69, 9.17) is 4.74 Å². The van der Waals surface area contributed by atoms with E-state index in [1.54, 1.807) is 18.5 Å². The molecule has 30 heavy (non-hydrogen) atoms. The molecule has 2 aromatic carbocycles. The monoisotopic (exact) mass is 404 g/mol. The molecule has 1 saturated carbocycles. The van der Waals surface area contributed by atoms with E-state index in [1.165, 1.54) is 12.1 Å². The summed E-state index contributed by atoms with van der Waals surface area (Å²) in [7, 11) is 0. The number of aromatic nitrogens is 1. The van der Waals surface area contributed by atoms with Crippen LogP contribution in [0.2, 0.25) is 0 Å². The number of anilines is 1. The lowest BCUT2D eigenvalue weighted by Crippen LogP contribution is -2.50. The number of nitro benzene ring substituents is 1. The van der Waals surface area contributed by atoms with Gasteiger partial charge >= 0.3 is 6.03 Å². The smallest absolute Gasteiger partial charge is 0.319 e. The Morgan fingerprint density at radius 3 is 2.87 bits per heavy atom. The van der Waals surface area contributed by atoms with Crippen molar-refractivity contribution in [3.05, 3.63) is 70.5 Å². The number of carbonyl (C=O) groups is 1. The summed E-state index contributed by atoms with van der Waals surface area (Å²) in [5, 5.41) is 19.0. The molecule has 5 rings (SSSR count). The van der Waals surface area contributed by atoms with Gasteiger partial charge in [-0.2, -0.15) is 0 Å². The highest BCUT2D eigenvalue weighted by Gasteiger charge is 2.46. The molecule has 2 amide bonds. The molecule has 2 aliphatic rings. The minimum absolute atomic E-state index is 0.0179. The van der Waals surface area contributed by atoms with Crippen LogP contribution in [0.4, 0.5) is 16.2 Å². The van der Waals surface area contributed by atoms with Crippen molar-refractivity contribution in [2.45, 2.75) is 37.3 Å². The van der Waals surface area contributed by atoms with E-state index in [-0.39, 0.29) is 23.4 Å². The van der Waals surface area contributed by atoms with E-state index in [1.807, 2.05) is 24.3 Å². The van der Waals surface area contributed by atoms with Crippen LogP contribution >= 0.6 is 0 Å². The molecule has 3 aromatic rings. The maximum Gasteiger partial charge on any atom is 0.319 e. The number of carbonyl (C=O) groups excluding carboxylic acids is 1. The highest BCUT2D eigenvalue weighted by atomic mass is 16.6. The van der Waals surface area contributed by atoms with Gasteiger partial charge in [-0.25, -0.2) is 4.79 Å². The molecule has 2 N–H and O–H groups in total. The highest BCUT2D eigenvalue weighted by molar-refractivity contribution is 6.01. The van der Waals surface area contributed by atoms with Crippen LogP contribution in [0.25, 0.3) is 10.8 Å². The van der Waals surface area contributed by atoms with E-state index in [0.717, 1.165) is 30.0 Å². The zero-order valence-corrected chi connectivity index (χ0v) is 16.1. The largest absolute Gasteiger partial charge is 0.487 e. The Kier molecular flexibility index (Phi) is 4.27. The van der Waals surface area contributed by atoms with Crippen molar-refractivity contribution in [3.8, 4) is 5.75 Å². The number of urea groups is 1. The second-order valence-electron chi connectivity index (χ2n) is 7.88. The maximum atomic E-state index is 12.9. The number of nitrogens with zero attached hydrogens (tertiary/aromatic N) is 2. The van der Waals surface area contributed by atoms with Crippen molar-refractivity contribution in [1.82, 2.24) is 10.3 Å². The predicted octanol–water partition coefficient (Wildman–Crippen LogP) is 4.71. The molecule has 8 nitrogen and oxygen atoms in total. The molecule has 0 bridgehead atoms. The van der Waals surface area contributed by atoms with Crippen molar-refractivity contribution >= 4 is 28.2 Å². The van der Waals surface area contributed by atoms with Crippen LogP contribution in [-0.4, -0.2) is 21.5 Å². The van der Waals surface area contributed by atoms with E-state index >= 15 is 0 Å². The first-order chi connectivity index (χ1) is 14.5. The van der Waals surface area contributed by atoms with Crippen molar-refractivity contribution < 1.29 is 14.5 Å². The zero-order chi connectivity index (χ0) is 20.7. The molecule has 1 aliphatic heterocycles. The number of rotatable bonds is 3. The molecule has 1 fully saturated rings. The molecular weight excluding hydrogens is 384 g/mol. The van der Waals surface area contributed by atoms with Gasteiger partial charge in [0.05, 0.1) is 16.7 Å². The van der Waals surface area contributed by atoms with Crippen LogP contribution in [0, 0.1) is 10.1 Å². The van der Waals surface area contributed by atoms with E-state index in [2.05, 4.69) is 15.6 Å². The van der Waals surface area contributed by atoms with Crippen LogP contribution in [0.1, 0.15) is 37.3 Å². The van der Waals surface area contributed by atoms with Gasteiger partial charge in [-0.05, 0) is 37.5 Å². The van der Waals surface area contributed by atoms with Crippen LogP contribution in [0.15, 0.2) is 54.9 Å². The van der Waals surface area contributed by atoms with Gasteiger partial charge in [-0.1, -0.05) is 12.1 Å². The first-order valence-electron chi connectivity index (χ1n) is 9.91. The summed E-state index contributed by atoms with van der Waals surface area (Å²) in [6.07, 6.45) is 6.92. The Labute approximate surface area is 172 Å². The van der Waals surface area contributed by atoms with Crippen molar-refractivity contribution in [1.29, 1.82) is 0 Å². The number of hydrogen-bond donors (Lipinski definition) is 2. The Balaban J connectivity index is 1.42. The first-order valence-corrected chi connectivity index (χ1v) is 9.91. The number of non-ortho nitro benzene ring substituents is 1. The molecule has 1 unspecified atom stereocenters. The minimum atomic E-state index is -0.435. The van der Waals surface area contributed by atoms with Crippen LogP contribution < -0.4 is 15.4 Å². The van der Waals surface area contributed by atoms with E-state index < -0.39 is 4.92 Å². The summed E-state index contributed by atoms with van der Waals surface area (Å²) < 4.78 is 6.18. The molecular formula is C22H20N4O4. The number of ether oxygens (including phenoxy) is 1. The third kappa shape index (κ3) is 3.20. The molecule has 0 saturated heterocycles. The second-order valence-corrected chi connectivity index (χ2v) is 7.88. The van der Waals surface area contributed by atoms with Crippen molar-refractivity contribution in [2.75, 3.05) is 5.32 Å². The lowest BCUT2D eigenvalue weighted by Gasteiger charge is -2.47. The lowest BCUT2D eigenvalue weighted by atomic mass is 9.73. The summed E-state index contributed by atoms with van der Waals surface area (Å²) in [5.41, 5.74) is 0.999. The van der Waals surface area contributed by atoms with Gasteiger partial charge in [0.25, 0.3) is 5.69 Å². The Bertz CT molecular complexity index is 1150. The molecule has 1 spiro atoms. The Morgan fingerprint density at radius 1 is 1.23 bits per heavy atom. The van der Waals surface area contributed by atoms with Crippen LogP contribution in [-0.2, 0) is 0 Å². The fourth-order valence-electron chi connectivity index (χ4n) is 4.33. The zero-order valence-electron chi connectivity index (χ0n) is 16.1. The fraction of sp³-hybridized carbons (Fsp3) is 0.273. The number of nitro groups is 1. The lowest BCUT2D eigenvalue weighted by molar-refractivity contribution is -0.385. The Hall–Kier alpha value is -3.68. The normalized spacial score (nSPS) is 18.7. The average Bonchev–Trinajstić information content (AvgIpc) is 2.72.